The first-order chi connectivity index (χ1) is 12.5. The lowest BCUT2D eigenvalue weighted by molar-refractivity contribution is 0.154. The first-order valence-corrected chi connectivity index (χ1v) is 11.5. The van der Waals surface area contributed by atoms with Crippen molar-refractivity contribution < 1.29 is 4.42 Å². The van der Waals surface area contributed by atoms with Gasteiger partial charge in [-0.05, 0) is 86.5 Å². The molecular weight excluding hydrogens is 328 g/mol. The molecule has 0 radical (unpaired) electrons. The lowest BCUT2D eigenvalue weighted by Gasteiger charge is -2.36. The van der Waals surface area contributed by atoms with Gasteiger partial charge in [-0.25, -0.2) is 4.42 Å². The second-order valence-electron chi connectivity index (χ2n) is 11.8. The molecule has 152 valence electrons. The fourth-order valence-electron chi connectivity index (χ4n) is 5.58. The van der Waals surface area contributed by atoms with Crippen LogP contribution in [-0.4, -0.2) is 0 Å². The smallest absolute Gasteiger partial charge is 0.217 e. The summed E-state index contributed by atoms with van der Waals surface area (Å²) in [7, 11) is 0. The molecule has 3 rings (SSSR count). The van der Waals surface area contributed by atoms with Crippen molar-refractivity contribution in [3.05, 3.63) is 29.2 Å². The third-order valence-electron chi connectivity index (χ3n) is 7.68. The first kappa shape index (κ1) is 20.9. The molecule has 0 amide bonds. The Hall–Kier alpha value is -0.850. The van der Waals surface area contributed by atoms with Gasteiger partial charge in [-0.15, -0.1) is 0 Å². The number of aryl methyl sites for hydroxylation is 1. The van der Waals surface area contributed by atoms with E-state index in [4.69, 9.17) is 4.42 Å². The summed E-state index contributed by atoms with van der Waals surface area (Å²) in [4.78, 5) is 0. The minimum absolute atomic E-state index is 0.450. The molecule has 0 aromatic carbocycles. The monoisotopic (exact) mass is 371 g/mol. The van der Waals surface area contributed by atoms with E-state index < -0.39 is 0 Å². The zero-order valence-electron chi connectivity index (χ0n) is 19.0. The van der Waals surface area contributed by atoms with Crippen LogP contribution in [0.1, 0.15) is 122 Å². The van der Waals surface area contributed by atoms with Gasteiger partial charge < -0.3 is 0 Å². The molecule has 0 spiro atoms. The zero-order chi connectivity index (χ0) is 19.8. The lowest BCUT2D eigenvalue weighted by atomic mass is 9.69. The van der Waals surface area contributed by atoms with Crippen molar-refractivity contribution in [2.45, 2.75) is 112 Å². The van der Waals surface area contributed by atoms with E-state index in [9.17, 15) is 0 Å². The van der Waals surface area contributed by atoms with Crippen LogP contribution < -0.4 is 0 Å². The summed E-state index contributed by atoms with van der Waals surface area (Å²) in [6.07, 6.45) is 10.6. The molecule has 1 aromatic rings. The summed E-state index contributed by atoms with van der Waals surface area (Å²) >= 11 is 0. The molecule has 1 nitrogen and oxygen atoms in total. The van der Waals surface area contributed by atoms with Crippen LogP contribution in [0.25, 0.3) is 0 Å². The van der Waals surface area contributed by atoms with Crippen molar-refractivity contribution in [3.63, 3.8) is 0 Å². The Bertz CT molecular complexity index is 562. The minimum atomic E-state index is 0.450. The van der Waals surface area contributed by atoms with Crippen LogP contribution in [-0.2, 0) is 0 Å². The molecule has 27 heavy (non-hydrogen) atoms. The van der Waals surface area contributed by atoms with Crippen LogP contribution in [0.15, 0.2) is 16.5 Å². The molecule has 0 unspecified atom stereocenters. The molecule has 1 heteroatoms. The van der Waals surface area contributed by atoms with Gasteiger partial charge in [-0.1, -0.05) is 41.5 Å². The van der Waals surface area contributed by atoms with Crippen LogP contribution >= 0.6 is 0 Å². The molecule has 2 aliphatic rings. The molecule has 2 aliphatic carbocycles. The van der Waals surface area contributed by atoms with Gasteiger partial charge in [0.2, 0.25) is 0 Å². The highest BCUT2D eigenvalue weighted by molar-refractivity contribution is 5.22. The third kappa shape index (κ3) is 5.15. The van der Waals surface area contributed by atoms with Crippen LogP contribution in [0.4, 0.5) is 0 Å². The van der Waals surface area contributed by atoms with E-state index in [0.717, 1.165) is 11.8 Å². The van der Waals surface area contributed by atoms with Crippen molar-refractivity contribution in [2.75, 3.05) is 0 Å². The summed E-state index contributed by atoms with van der Waals surface area (Å²) < 4.78 is 6.58. The van der Waals surface area contributed by atoms with Crippen molar-refractivity contribution in [3.8, 4) is 0 Å². The van der Waals surface area contributed by atoms with Crippen LogP contribution in [0.3, 0.4) is 0 Å². The molecule has 0 saturated heterocycles. The van der Waals surface area contributed by atoms with E-state index in [1.807, 2.05) is 0 Å². The standard InChI is InChI=1S/C26H43O/c1-18-16-23(19-8-12-21(13-9-19)25(2,3)4)27-24(17-18)20-10-14-22(15-11-20)26(5,6)7/h16-17,19-22H,8-15H2,1-7H3/q+1. The Kier molecular flexibility index (Phi) is 6.09. The molecule has 1 aromatic heterocycles. The Morgan fingerprint density at radius 3 is 1.26 bits per heavy atom. The van der Waals surface area contributed by atoms with Gasteiger partial charge in [0.25, 0.3) is 0 Å². The summed E-state index contributed by atoms with van der Waals surface area (Å²) in [6, 6.07) is 4.65. The van der Waals surface area contributed by atoms with E-state index in [-0.39, 0.29) is 0 Å². The SMILES string of the molecule is Cc1cc(C2CCC(C(C)(C)C)CC2)[o+]c(C2CCC(C(C)(C)C)CC2)c1. The van der Waals surface area contributed by atoms with Gasteiger partial charge in [0.15, 0.2) is 0 Å². The van der Waals surface area contributed by atoms with Gasteiger partial charge >= 0.3 is 11.5 Å². The van der Waals surface area contributed by atoms with Gasteiger partial charge in [-0.3, -0.25) is 0 Å². The topological polar surface area (TPSA) is 11.3 Å². The molecular formula is C26H43O+. The fourth-order valence-corrected chi connectivity index (χ4v) is 5.58. The highest BCUT2D eigenvalue weighted by Crippen LogP contribution is 2.46. The van der Waals surface area contributed by atoms with Crippen LogP contribution in [0, 0.1) is 29.6 Å². The van der Waals surface area contributed by atoms with Crippen molar-refractivity contribution in [1.29, 1.82) is 0 Å². The lowest BCUT2D eigenvalue weighted by Crippen LogP contribution is -2.26. The Balaban J connectivity index is 1.67. The average Bonchev–Trinajstić information content (AvgIpc) is 2.60. The maximum atomic E-state index is 6.58. The minimum Gasteiger partial charge on any atom is -0.217 e. The molecule has 0 aliphatic heterocycles. The van der Waals surface area contributed by atoms with Crippen molar-refractivity contribution in [1.82, 2.24) is 0 Å². The van der Waals surface area contributed by atoms with Gasteiger partial charge in [0, 0.05) is 12.1 Å². The summed E-state index contributed by atoms with van der Waals surface area (Å²) in [5, 5.41) is 0. The van der Waals surface area contributed by atoms with E-state index in [2.05, 4.69) is 60.6 Å². The predicted octanol–water partition coefficient (Wildman–Crippen LogP) is 8.51. The van der Waals surface area contributed by atoms with Crippen LogP contribution in [0.5, 0.6) is 0 Å². The number of rotatable bonds is 2. The number of hydrogen-bond donors (Lipinski definition) is 0. The molecule has 2 fully saturated rings. The third-order valence-corrected chi connectivity index (χ3v) is 7.68. The molecule has 0 bridgehead atoms. The normalized spacial score (nSPS) is 30.3. The maximum Gasteiger partial charge on any atom is 0.332 e. The number of hydrogen-bond acceptors (Lipinski definition) is 0. The predicted molar refractivity (Wildman–Crippen MR) is 116 cm³/mol. The van der Waals surface area contributed by atoms with Gasteiger partial charge in [0.1, 0.15) is 0 Å². The van der Waals surface area contributed by atoms with E-state index >= 15 is 0 Å². The van der Waals surface area contributed by atoms with E-state index in [1.54, 1.807) is 0 Å². The maximum absolute atomic E-state index is 6.58. The Morgan fingerprint density at radius 2 is 0.963 bits per heavy atom. The molecule has 2 saturated carbocycles. The highest BCUT2D eigenvalue weighted by atomic mass is 16.3. The molecule has 0 atom stereocenters. The summed E-state index contributed by atoms with van der Waals surface area (Å²) in [5.41, 5.74) is 2.29. The van der Waals surface area contributed by atoms with Crippen molar-refractivity contribution in [2.24, 2.45) is 22.7 Å². The van der Waals surface area contributed by atoms with E-state index in [0.29, 0.717) is 22.7 Å². The van der Waals surface area contributed by atoms with Crippen LogP contribution in [0.2, 0.25) is 0 Å². The zero-order valence-corrected chi connectivity index (χ0v) is 19.0. The average molecular weight is 372 g/mol. The largest absolute Gasteiger partial charge is 0.332 e. The Morgan fingerprint density at radius 1 is 0.630 bits per heavy atom. The molecule has 1 heterocycles. The van der Waals surface area contributed by atoms with Crippen molar-refractivity contribution >= 4 is 0 Å². The second kappa shape index (κ2) is 7.88. The van der Waals surface area contributed by atoms with Gasteiger partial charge in [-0.2, -0.15) is 0 Å². The van der Waals surface area contributed by atoms with E-state index in [1.165, 1.54) is 68.5 Å². The summed E-state index contributed by atoms with van der Waals surface area (Å²) in [6.45, 7) is 16.7. The second-order valence-corrected chi connectivity index (χ2v) is 11.8. The highest BCUT2D eigenvalue weighted by Gasteiger charge is 2.37. The molecule has 0 N–H and O–H groups in total. The fraction of sp³-hybridized carbons (Fsp3) is 0.808. The Labute approximate surface area is 168 Å². The van der Waals surface area contributed by atoms with Gasteiger partial charge in [0.05, 0.1) is 11.8 Å². The quantitative estimate of drug-likeness (QED) is 0.474. The first-order valence-electron chi connectivity index (χ1n) is 11.5. The summed E-state index contributed by atoms with van der Waals surface area (Å²) in [5.74, 6) is 5.54.